The number of benzene rings is 2. The number of amides is 1. The van der Waals surface area contributed by atoms with Crippen LogP contribution >= 0.6 is 0 Å². The van der Waals surface area contributed by atoms with Crippen LogP contribution in [0.2, 0.25) is 0 Å². The van der Waals surface area contributed by atoms with Crippen LogP contribution in [0, 0.1) is 0 Å². The lowest BCUT2D eigenvalue weighted by atomic mass is 10.1. The number of nitrogens with one attached hydrogen (secondary N) is 1. The molecule has 116 valence electrons. The highest BCUT2D eigenvalue weighted by molar-refractivity contribution is 6.04. The third-order valence-corrected chi connectivity index (χ3v) is 3.04. The second-order valence-corrected chi connectivity index (χ2v) is 4.51. The first kappa shape index (κ1) is 15.7. The minimum Gasteiger partial charge on any atom is -0.497 e. The summed E-state index contributed by atoms with van der Waals surface area (Å²) in [7, 11) is 3.09. The van der Waals surface area contributed by atoms with Crippen LogP contribution in [0.25, 0.3) is 0 Å². The van der Waals surface area contributed by atoms with Crippen LogP contribution in [-0.2, 0) is 0 Å². The second-order valence-electron chi connectivity index (χ2n) is 4.51. The van der Waals surface area contributed by atoms with E-state index in [4.69, 9.17) is 14.2 Å². The first-order valence-electron chi connectivity index (χ1n) is 6.93. The van der Waals surface area contributed by atoms with E-state index in [2.05, 4.69) is 5.32 Å². The molecule has 0 bridgehead atoms. The van der Waals surface area contributed by atoms with Crippen LogP contribution in [0.15, 0.2) is 42.5 Å². The van der Waals surface area contributed by atoms with Gasteiger partial charge in [0.05, 0.1) is 20.8 Å². The minimum absolute atomic E-state index is 0.235. The van der Waals surface area contributed by atoms with Crippen molar-refractivity contribution in [2.45, 2.75) is 6.92 Å². The van der Waals surface area contributed by atoms with E-state index in [1.54, 1.807) is 44.6 Å². The quantitative estimate of drug-likeness (QED) is 0.889. The van der Waals surface area contributed by atoms with Crippen LogP contribution in [0.3, 0.4) is 0 Å². The van der Waals surface area contributed by atoms with Gasteiger partial charge in [-0.15, -0.1) is 0 Å². The zero-order chi connectivity index (χ0) is 15.9. The molecule has 1 N–H and O–H groups in total. The predicted octanol–water partition coefficient (Wildman–Crippen LogP) is 3.35. The Hall–Kier alpha value is -2.69. The summed E-state index contributed by atoms with van der Waals surface area (Å²) in [6.07, 6.45) is 0. The van der Waals surface area contributed by atoms with Crippen LogP contribution < -0.4 is 19.5 Å². The molecule has 0 aliphatic heterocycles. The summed E-state index contributed by atoms with van der Waals surface area (Å²) in [5.74, 6) is 1.66. The van der Waals surface area contributed by atoms with Gasteiger partial charge in [0, 0.05) is 17.3 Å². The SMILES string of the molecule is CCOc1ccc(NC(=O)c2cc(OC)cc(OC)c2)cc1. The molecule has 5 heteroatoms. The third kappa shape index (κ3) is 3.91. The Morgan fingerprint density at radius 2 is 1.55 bits per heavy atom. The van der Waals surface area contributed by atoms with Crippen molar-refractivity contribution in [1.82, 2.24) is 0 Å². The summed E-state index contributed by atoms with van der Waals surface area (Å²) >= 11 is 0. The molecule has 1 amide bonds. The zero-order valence-corrected chi connectivity index (χ0v) is 12.9. The lowest BCUT2D eigenvalue weighted by Gasteiger charge is -2.10. The maximum Gasteiger partial charge on any atom is 0.255 e. The smallest absolute Gasteiger partial charge is 0.255 e. The topological polar surface area (TPSA) is 56.8 Å². The van der Waals surface area contributed by atoms with E-state index in [0.29, 0.717) is 29.4 Å². The van der Waals surface area contributed by atoms with Crippen LogP contribution in [0.1, 0.15) is 17.3 Å². The lowest BCUT2D eigenvalue weighted by molar-refractivity contribution is 0.102. The van der Waals surface area contributed by atoms with Crippen molar-refractivity contribution in [2.75, 3.05) is 26.1 Å². The van der Waals surface area contributed by atoms with Gasteiger partial charge in [0.15, 0.2) is 0 Å². The van der Waals surface area contributed by atoms with Gasteiger partial charge in [-0.1, -0.05) is 0 Å². The van der Waals surface area contributed by atoms with Gasteiger partial charge in [-0.25, -0.2) is 0 Å². The number of rotatable bonds is 6. The van der Waals surface area contributed by atoms with Crippen molar-refractivity contribution in [2.24, 2.45) is 0 Å². The Morgan fingerprint density at radius 1 is 0.955 bits per heavy atom. The Morgan fingerprint density at radius 3 is 2.05 bits per heavy atom. The van der Waals surface area contributed by atoms with Crippen LogP contribution in [0.4, 0.5) is 5.69 Å². The molecule has 0 unspecified atom stereocenters. The largest absolute Gasteiger partial charge is 0.497 e. The number of hydrogen-bond acceptors (Lipinski definition) is 4. The minimum atomic E-state index is -0.235. The number of anilines is 1. The Labute approximate surface area is 129 Å². The van der Waals surface area contributed by atoms with E-state index in [0.717, 1.165) is 5.75 Å². The predicted molar refractivity (Wildman–Crippen MR) is 85.1 cm³/mol. The monoisotopic (exact) mass is 301 g/mol. The normalized spacial score (nSPS) is 9.95. The van der Waals surface area contributed by atoms with Crippen molar-refractivity contribution >= 4 is 11.6 Å². The number of methoxy groups -OCH3 is 2. The summed E-state index contributed by atoms with van der Waals surface area (Å²) in [6.45, 7) is 2.53. The molecule has 5 nitrogen and oxygen atoms in total. The molecular formula is C17H19NO4. The highest BCUT2D eigenvalue weighted by Crippen LogP contribution is 2.23. The summed E-state index contributed by atoms with van der Waals surface area (Å²) < 4.78 is 15.7. The highest BCUT2D eigenvalue weighted by atomic mass is 16.5. The van der Waals surface area contributed by atoms with Gasteiger partial charge in [-0.2, -0.15) is 0 Å². The standard InChI is InChI=1S/C17H19NO4/c1-4-22-14-7-5-13(6-8-14)18-17(19)12-9-15(20-2)11-16(10-12)21-3/h5-11H,4H2,1-3H3,(H,18,19). The molecule has 0 aromatic heterocycles. The lowest BCUT2D eigenvalue weighted by Crippen LogP contribution is -2.12. The van der Waals surface area contributed by atoms with E-state index in [-0.39, 0.29) is 5.91 Å². The van der Waals surface area contributed by atoms with Crippen molar-refractivity contribution in [3.8, 4) is 17.2 Å². The maximum absolute atomic E-state index is 12.3. The van der Waals surface area contributed by atoms with Crippen LogP contribution in [-0.4, -0.2) is 26.7 Å². The third-order valence-electron chi connectivity index (χ3n) is 3.04. The van der Waals surface area contributed by atoms with E-state index in [1.165, 1.54) is 0 Å². The average molecular weight is 301 g/mol. The summed E-state index contributed by atoms with van der Waals surface area (Å²) in [6, 6.07) is 12.2. The van der Waals surface area contributed by atoms with Gasteiger partial charge in [-0.3, -0.25) is 4.79 Å². The number of carbonyl (C=O) groups excluding carboxylic acids is 1. The van der Waals surface area contributed by atoms with Gasteiger partial charge in [-0.05, 0) is 43.3 Å². The molecule has 0 saturated carbocycles. The Bertz CT molecular complexity index is 615. The number of hydrogen-bond donors (Lipinski definition) is 1. The van der Waals surface area contributed by atoms with Gasteiger partial charge in [0.1, 0.15) is 17.2 Å². The molecule has 0 saturated heterocycles. The first-order chi connectivity index (χ1) is 10.7. The second kappa shape index (κ2) is 7.36. The molecule has 0 heterocycles. The number of ether oxygens (including phenoxy) is 3. The van der Waals surface area contributed by atoms with Crippen molar-refractivity contribution in [3.05, 3.63) is 48.0 Å². The van der Waals surface area contributed by atoms with Gasteiger partial charge in [0.2, 0.25) is 0 Å². The maximum atomic E-state index is 12.3. The summed E-state index contributed by atoms with van der Waals surface area (Å²) in [5, 5.41) is 2.82. The van der Waals surface area contributed by atoms with Crippen molar-refractivity contribution in [3.63, 3.8) is 0 Å². The fourth-order valence-electron chi connectivity index (χ4n) is 1.94. The van der Waals surface area contributed by atoms with Crippen LogP contribution in [0.5, 0.6) is 17.2 Å². The van der Waals surface area contributed by atoms with Crippen molar-refractivity contribution in [1.29, 1.82) is 0 Å². The molecule has 0 fully saturated rings. The fraction of sp³-hybridized carbons (Fsp3) is 0.235. The fourth-order valence-corrected chi connectivity index (χ4v) is 1.94. The molecule has 2 rings (SSSR count). The first-order valence-corrected chi connectivity index (χ1v) is 6.93. The van der Waals surface area contributed by atoms with Gasteiger partial charge < -0.3 is 19.5 Å². The molecular weight excluding hydrogens is 282 g/mol. The molecule has 0 spiro atoms. The average Bonchev–Trinajstić information content (AvgIpc) is 2.56. The molecule has 2 aromatic rings. The zero-order valence-electron chi connectivity index (χ0n) is 12.9. The van der Waals surface area contributed by atoms with E-state index >= 15 is 0 Å². The number of carbonyl (C=O) groups is 1. The molecule has 22 heavy (non-hydrogen) atoms. The summed E-state index contributed by atoms with van der Waals surface area (Å²) in [4.78, 5) is 12.3. The van der Waals surface area contributed by atoms with E-state index in [9.17, 15) is 4.79 Å². The van der Waals surface area contributed by atoms with Gasteiger partial charge >= 0.3 is 0 Å². The molecule has 0 atom stereocenters. The highest BCUT2D eigenvalue weighted by Gasteiger charge is 2.10. The summed E-state index contributed by atoms with van der Waals surface area (Å²) in [5.41, 5.74) is 1.15. The van der Waals surface area contributed by atoms with E-state index < -0.39 is 0 Å². The molecule has 0 aliphatic rings. The van der Waals surface area contributed by atoms with E-state index in [1.807, 2.05) is 19.1 Å². The van der Waals surface area contributed by atoms with Crippen molar-refractivity contribution < 1.29 is 19.0 Å². The Kier molecular flexibility index (Phi) is 5.25. The molecule has 0 aliphatic carbocycles. The Balaban J connectivity index is 2.14. The molecule has 2 aromatic carbocycles. The molecule has 0 radical (unpaired) electrons. The van der Waals surface area contributed by atoms with Gasteiger partial charge in [0.25, 0.3) is 5.91 Å².